The van der Waals surface area contributed by atoms with E-state index in [0.29, 0.717) is 16.7 Å². The van der Waals surface area contributed by atoms with Crippen LogP contribution in [0.25, 0.3) is 11.2 Å². The summed E-state index contributed by atoms with van der Waals surface area (Å²) in [6.45, 7) is 2.10. The van der Waals surface area contributed by atoms with Gasteiger partial charge < -0.3 is 4.42 Å². The number of benzene rings is 1. The van der Waals surface area contributed by atoms with Gasteiger partial charge in [0.05, 0.1) is 12.8 Å². The van der Waals surface area contributed by atoms with Gasteiger partial charge in [0.25, 0.3) is 5.56 Å². The van der Waals surface area contributed by atoms with Gasteiger partial charge in [-0.15, -0.1) is 0 Å². The van der Waals surface area contributed by atoms with Crippen LogP contribution in [0.5, 0.6) is 0 Å². The van der Waals surface area contributed by atoms with Gasteiger partial charge in [0.15, 0.2) is 11.2 Å². The van der Waals surface area contributed by atoms with E-state index < -0.39 is 11.2 Å². The summed E-state index contributed by atoms with van der Waals surface area (Å²) < 4.78 is 9.49. The second kappa shape index (κ2) is 7.68. The molecule has 10 heteroatoms. The smallest absolute Gasteiger partial charge is 0.332 e. The Morgan fingerprint density at radius 3 is 2.63 bits per heavy atom. The molecule has 3 heterocycles. The molecule has 1 aromatic carbocycles. The maximum absolute atomic E-state index is 12.9. The molecule has 0 saturated carbocycles. The van der Waals surface area contributed by atoms with Crippen LogP contribution in [0.2, 0.25) is 5.02 Å². The first-order chi connectivity index (χ1) is 14.4. The lowest BCUT2D eigenvalue weighted by molar-refractivity contribution is 0.528. The van der Waals surface area contributed by atoms with Crippen molar-refractivity contribution in [3.8, 4) is 0 Å². The van der Waals surface area contributed by atoms with E-state index in [-0.39, 0.29) is 17.7 Å². The van der Waals surface area contributed by atoms with Crippen molar-refractivity contribution in [2.45, 2.75) is 13.5 Å². The summed E-state index contributed by atoms with van der Waals surface area (Å²) in [7, 11) is 3.00. The molecule has 0 aliphatic rings. The third kappa shape index (κ3) is 3.43. The zero-order chi connectivity index (χ0) is 21.4. The van der Waals surface area contributed by atoms with E-state index in [1.54, 1.807) is 23.7 Å². The number of anilines is 1. The second-order valence-corrected chi connectivity index (χ2v) is 7.22. The zero-order valence-corrected chi connectivity index (χ0v) is 17.3. The number of hydrogen-bond donors (Lipinski definition) is 1. The molecule has 0 saturated heterocycles. The number of nitrogens with one attached hydrogen (secondary N) is 1. The van der Waals surface area contributed by atoms with Crippen LogP contribution in [0.3, 0.4) is 0 Å². The number of fused-ring (bicyclic) bond motifs is 1. The van der Waals surface area contributed by atoms with Crippen molar-refractivity contribution in [1.29, 1.82) is 0 Å². The first kappa shape index (κ1) is 19.7. The molecular formula is C20H19ClN6O3. The van der Waals surface area contributed by atoms with E-state index in [2.05, 4.69) is 15.5 Å². The van der Waals surface area contributed by atoms with E-state index >= 15 is 0 Å². The quantitative estimate of drug-likeness (QED) is 0.390. The topological polar surface area (TPSA) is 99.4 Å². The first-order valence-electron chi connectivity index (χ1n) is 9.12. The molecule has 30 heavy (non-hydrogen) atoms. The zero-order valence-electron chi connectivity index (χ0n) is 16.6. The van der Waals surface area contributed by atoms with Gasteiger partial charge in [0.2, 0.25) is 5.95 Å². The maximum Gasteiger partial charge on any atom is 0.332 e. The van der Waals surface area contributed by atoms with Gasteiger partial charge in [-0.1, -0.05) is 29.8 Å². The minimum Gasteiger partial charge on any atom is -0.460 e. The lowest BCUT2D eigenvalue weighted by atomic mass is 10.2. The second-order valence-electron chi connectivity index (χ2n) is 6.81. The molecule has 0 bridgehead atoms. The van der Waals surface area contributed by atoms with Gasteiger partial charge >= 0.3 is 5.69 Å². The molecule has 0 spiro atoms. The summed E-state index contributed by atoms with van der Waals surface area (Å²) in [5.41, 5.74) is 3.25. The number of hydrogen-bond acceptors (Lipinski definition) is 6. The molecule has 4 aromatic rings. The van der Waals surface area contributed by atoms with Crippen molar-refractivity contribution in [2.75, 3.05) is 5.43 Å². The van der Waals surface area contributed by atoms with Crippen molar-refractivity contribution < 1.29 is 4.42 Å². The average molecular weight is 427 g/mol. The van der Waals surface area contributed by atoms with Crippen molar-refractivity contribution >= 4 is 34.9 Å². The van der Waals surface area contributed by atoms with E-state index in [1.165, 1.54) is 17.8 Å². The van der Waals surface area contributed by atoms with Crippen LogP contribution in [0.4, 0.5) is 5.95 Å². The fourth-order valence-corrected chi connectivity index (χ4v) is 3.35. The predicted octanol–water partition coefficient (Wildman–Crippen LogP) is 2.48. The number of halogens is 1. The first-order valence-corrected chi connectivity index (χ1v) is 9.50. The number of aromatic nitrogens is 4. The standard InChI is InChI=1S/C20H19ClN6O3/c1-12-8-9-14(30-12)10-22-24-19-23-17-16(18(28)26(3)20(29)25(17)2)27(19)11-13-6-4-5-7-15(13)21/h4-10H,11H2,1-3H3,(H,23,24)/b22-10-. The number of imidazole rings is 1. The Hall–Kier alpha value is -3.59. The molecule has 4 rings (SSSR count). The molecule has 0 amide bonds. The Kier molecular flexibility index (Phi) is 5.04. The fourth-order valence-electron chi connectivity index (χ4n) is 3.16. The minimum atomic E-state index is -0.462. The molecule has 0 fully saturated rings. The Balaban J connectivity index is 1.85. The summed E-state index contributed by atoms with van der Waals surface area (Å²) in [5, 5.41) is 4.72. The molecule has 0 aliphatic carbocycles. The number of rotatable bonds is 5. The molecule has 0 aliphatic heterocycles. The van der Waals surface area contributed by atoms with Crippen LogP contribution in [-0.4, -0.2) is 24.9 Å². The lowest BCUT2D eigenvalue weighted by Gasteiger charge is -2.10. The Bertz CT molecular complexity index is 1390. The molecular weight excluding hydrogens is 408 g/mol. The van der Waals surface area contributed by atoms with Gasteiger partial charge in [-0.3, -0.25) is 18.5 Å². The van der Waals surface area contributed by atoms with Gasteiger partial charge in [0.1, 0.15) is 11.5 Å². The monoisotopic (exact) mass is 426 g/mol. The average Bonchev–Trinajstić information content (AvgIpc) is 3.30. The Morgan fingerprint density at radius 1 is 1.17 bits per heavy atom. The minimum absolute atomic E-state index is 0.252. The highest BCUT2D eigenvalue weighted by atomic mass is 35.5. The van der Waals surface area contributed by atoms with Crippen LogP contribution >= 0.6 is 11.6 Å². The van der Waals surface area contributed by atoms with Gasteiger partial charge in [0, 0.05) is 19.1 Å². The molecule has 9 nitrogen and oxygen atoms in total. The van der Waals surface area contributed by atoms with Crippen LogP contribution in [-0.2, 0) is 20.6 Å². The normalized spacial score (nSPS) is 11.6. The van der Waals surface area contributed by atoms with Crippen molar-refractivity contribution in [1.82, 2.24) is 18.7 Å². The number of hydrazone groups is 1. The van der Waals surface area contributed by atoms with Gasteiger partial charge in [-0.25, -0.2) is 10.2 Å². The number of furan rings is 1. The highest BCUT2D eigenvalue weighted by molar-refractivity contribution is 6.31. The van der Waals surface area contributed by atoms with E-state index in [1.807, 2.05) is 31.2 Å². The third-order valence-corrected chi connectivity index (χ3v) is 5.12. The summed E-state index contributed by atoms with van der Waals surface area (Å²) in [6, 6.07) is 10.9. The molecule has 1 N–H and O–H groups in total. The summed E-state index contributed by atoms with van der Waals surface area (Å²) in [6.07, 6.45) is 1.50. The van der Waals surface area contributed by atoms with Gasteiger partial charge in [-0.05, 0) is 30.7 Å². The molecule has 3 aromatic heterocycles. The SMILES string of the molecule is Cc1ccc(/C=N\Nc2nc3c(c(=O)n(C)c(=O)n3C)n2Cc2ccccc2Cl)o1. The van der Waals surface area contributed by atoms with Crippen LogP contribution < -0.4 is 16.7 Å². The van der Waals surface area contributed by atoms with E-state index in [4.69, 9.17) is 16.0 Å². The highest BCUT2D eigenvalue weighted by Gasteiger charge is 2.19. The summed E-state index contributed by atoms with van der Waals surface area (Å²) >= 11 is 6.32. The van der Waals surface area contributed by atoms with E-state index in [0.717, 1.165) is 15.9 Å². The van der Waals surface area contributed by atoms with Crippen LogP contribution in [0.1, 0.15) is 17.1 Å². The summed E-state index contributed by atoms with van der Waals surface area (Å²) in [5.74, 6) is 1.63. The maximum atomic E-state index is 12.9. The number of aryl methyl sites for hydroxylation is 2. The third-order valence-electron chi connectivity index (χ3n) is 4.75. The Morgan fingerprint density at radius 2 is 1.93 bits per heavy atom. The van der Waals surface area contributed by atoms with Crippen LogP contribution in [0.15, 0.2) is 55.5 Å². The fraction of sp³-hybridized carbons (Fsp3) is 0.200. The largest absolute Gasteiger partial charge is 0.460 e. The van der Waals surface area contributed by atoms with E-state index in [9.17, 15) is 9.59 Å². The van der Waals surface area contributed by atoms with Gasteiger partial charge in [-0.2, -0.15) is 10.1 Å². The molecule has 0 unspecified atom stereocenters. The Labute approximate surface area is 175 Å². The van der Waals surface area contributed by atoms with Crippen molar-refractivity contribution in [2.24, 2.45) is 19.2 Å². The molecule has 154 valence electrons. The molecule has 0 radical (unpaired) electrons. The van der Waals surface area contributed by atoms with Crippen molar-refractivity contribution in [3.05, 3.63) is 79.3 Å². The number of nitrogens with zero attached hydrogens (tertiary/aromatic N) is 5. The van der Waals surface area contributed by atoms with Crippen LogP contribution in [0, 0.1) is 6.92 Å². The van der Waals surface area contributed by atoms with Crippen molar-refractivity contribution in [3.63, 3.8) is 0 Å². The summed E-state index contributed by atoms with van der Waals surface area (Å²) in [4.78, 5) is 29.7. The highest BCUT2D eigenvalue weighted by Crippen LogP contribution is 2.22. The lowest BCUT2D eigenvalue weighted by Crippen LogP contribution is -2.37. The molecule has 0 atom stereocenters. The predicted molar refractivity (Wildman–Crippen MR) is 115 cm³/mol.